The second-order valence-corrected chi connectivity index (χ2v) is 9.83. The summed E-state index contributed by atoms with van der Waals surface area (Å²) in [4.78, 5) is 27.7. The Morgan fingerprint density at radius 3 is 2.55 bits per heavy atom. The zero-order valence-electron chi connectivity index (χ0n) is 19.4. The number of anilines is 3. The van der Waals surface area contributed by atoms with Crippen LogP contribution in [0.2, 0.25) is 0 Å². The number of amides is 1. The maximum Gasteiger partial charge on any atom is 0.264 e. The van der Waals surface area contributed by atoms with E-state index < -0.39 is 0 Å². The molecule has 1 saturated heterocycles. The van der Waals surface area contributed by atoms with Gasteiger partial charge < -0.3 is 20.4 Å². The van der Waals surface area contributed by atoms with Crippen LogP contribution in [-0.2, 0) is 0 Å². The first-order valence-corrected chi connectivity index (χ1v) is 12.9. The molecular formula is C25H32N6OS. The predicted molar refractivity (Wildman–Crippen MR) is 136 cm³/mol. The summed E-state index contributed by atoms with van der Waals surface area (Å²) in [6.07, 6.45) is 7.38. The lowest BCUT2D eigenvalue weighted by Gasteiger charge is -2.29. The van der Waals surface area contributed by atoms with E-state index >= 15 is 0 Å². The molecule has 8 heteroatoms. The molecule has 1 amide bonds. The lowest BCUT2D eigenvalue weighted by Crippen LogP contribution is -2.43. The normalized spacial score (nSPS) is 16.6. The molecule has 0 spiro atoms. The molecule has 1 aliphatic heterocycles. The second-order valence-electron chi connectivity index (χ2n) is 8.78. The van der Waals surface area contributed by atoms with E-state index in [1.165, 1.54) is 12.0 Å². The van der Waals surface area contributed by atoms with Gasteiger partial charge >= 0.3 is 0 Å². The lowest BCUT2D eigenvalue weighted by atomic mass is 9.79. The molecule has 1 saturated carbocycles. The number of thiophene rings is 1. The van der Waals surface area contributed by atoms with Gasteiger partial charge in [-0.1, -0.05) is 6.42 Å². The van der Waals surface area contributed by atoms with Gasteiger partial charge in [0, 0.05) is 50.9 Å². The number of hydrogen-bond donors (Lipinski definition) is 2. The van der Waals surface area contributed by atoms with E-state index in [-0.39, 0.29) is 5.91 Å². The summed E-state index contributed by atoms with van der Waals surface area (Å²) in [6, 6.07) is 6.23. The smallest absolute Gasteiger partial charge is 0.264 e. The third-order valence-electron chi connectivity index (χ3n) is 6.86. The van der Waals surface area contributed by atoms with E-state index in [9.17, 15) is 4.79 Å². The van der Waals surface area contributed by atoms with Crippen molar-refractivity contribution in [1.29, 1.82) is 0 Å². The Morgan fingerprint density at radius 2 is 1.91 bits per heavy atom. The van der Waals surface area contributed by atoms with Crippen LogP contribution in [0.15, 0.2) is 30.6 Å². The third kappa shape index (κ3) is 4.42. The quantitative estimate of drug-likeness (QED) is 0.533. The van der Waals surface area contributed by atoms with Gasteiger partial charge in [0.25, 0.3) is 5.91 Å². The van der Waals surface area contributed by atoms with Gasteiger partial charge in [-0.25, -0.2) is 9.97 Å². The van der Waals surface area contributed by atoms with Crippen molar-refractivity contribution < 1.29 is 4.79 Å². The van der Waals surface area contributed by atoms with Gasteiger partial charge in [-0.15, -0.1) is 11.3 Å². The number of nitrogens with one attached hydrogen (secondary N) is 2. The van der Waals surface area contributed by atoms with Gasteiger partial charge in [0.05, 0.1) is 21.5 Å². The Morgan fingerprint density at radius 1 is 1.15 bits per heavy atom. The highest BCUT2D eigenvalue weighted by Crippen LogP contribution is 2.45. The molecule has 2 fully saturated rings. The Labute approximate surface area is 199 Å². The largest absolute Gasteiger partial charge is 0.368 e. The number of piperazine rings is 1. The van der Waals surface area contributed by atoms with E-state index in [1.807, 2.05) is 37.2 Å². The molecule has 0 aromatic carbocycles. The number of rotatable bonds is 7. The van der Waals surface area contributed by atoms with Crippen molar-refractivity contribution in [2.75, 3.05) is 49.5 Å². The maximum absolute atomic E-state index is 13.3. The molecule has 1 aliphatic carbocycles. The zero-order valence-corrected chi connectivity index (χ0v) is 20.2. The first-order chi connectivity index (χ1) is 16.2. The molecule has 5 rings (SSSR count). The molecule has 3 aromatic rings. The highest BCUT2D eigenvalue weighted by Gasteiger charge is 2.30. The summed E-state index contributed by atoms with van der Waals surface area (Å²) in [5.74, 6) is 2.17. The number of carbonyl (C=O) groups is 1. The van der Waals surface area contributed by atoms with Crippen molar-refractivity contribution in [3.05, 3.63) is 41.0 Å². The first-order valence-electron chi connectivity index (χ1n) is 12.1. The summed E-state index contributed by atoms with van der Waals surface area (Å²) in [5, 5.41) is 7.91. The Balaban J connectivity index is 1.42. The fourth-order valence-electron chi connectivity index (χ4n) is 4.71. The van der Waals surface area contributed by atoms with Gasteiger partial charge in [-0.2, -0.15) is 0 Å². The first kappa shape index (κ1) is 22.1. The molecule has 0 unspecified atom stereocenters. The van der Waals surface area contributed by atoms with Gasteiger partial charge in [0.15, 0.2) is 0 Å². The Kier molecular flexibility index (Phi) is 6.46. The highest BCUT2D eigenvalue weighted by atomic mass is 32.1. The van der Waals surface area contributed by atoms with Crippen molar-refractivity contribution in [3.8, 4) is 0 Å². The molecule has 2 aliphatic rings. The molecule has 4 heterocycles. The Bertz CT molecular complexity index is 1110. The average molecular weight is 465 g/mol. The van der Waals surface area contributed by atoms with Gasteiger partial charge in [-0.3, -0.25) is 4.79 Å². The zero-order chi connectivity index (χ0) is 22.8. The van der Waals surface area contributed by atoms with Gasteiger partial charge in [0.2, 0.25) is 0 Å². The number of hydrogen-bond acceptors (Lipinski definition) is 7. The fourth-order valence-corrected chi connectivity index (χ4v) is 5.91. The number of pyridine rings is 2. The average Bonchev–Trinajstić information content (AvgIpc) is 3.18. The van der Waals surface area contributed by atoms with Crippen LogP contribution in [0.5, 0.6) is 0 Å². The molecule has 0 radical (unpaired) electrons. The minimum Gasteiger partial charge on any atom is -0.368 e. The topological polar surface area (TPSA) is 73.4 Å². The van der Waals surface area contributed by atoms with Crippen LogP contribution >= 0.6 is 11.3 Å². The number of nitrogens with zero attached hydrogens (tertiary/aromatic N) is 4. The minimum atomic E-state index is 0.155. The number of aromatic nitrogens is 2. The minimum absolute atomic E-state index is 0.155. The molecular weight excluding hydrogens is 432 g/mol. The molecule has 7 nitrogen and oxygen atoms in total. The highest BCUT2D eigenvalue weighted by molar-refractivity contribution is 7.21. The Hall–Kier alpha value is -2.71. The monoisotopic (exact) mass is 464 g/mol. The summed E-state index contributed by atoms with van der Waals surface area (Å²) >= 11 is 1.59. The van der Waals surface area contributed by atoms with Crippen molar-refractivity contribution in [2.45, 2.75) is 39.0 Å². The summed E-state index contributed by atoms with van der Waals surface area (Å²) in [5.41, 5.74) is 2.38. The van der Waals surface area contributed by atoms with E-state index in [4.69, 9.17) is 0 Å². The number of fused-ring (bicyclic) bond motifs is 1. The molecule has 33 heavy (non-hydrogen) atoms. The fraction of sp³-hybridized carbons (Fsp3) is 0.480. The molecule has 2 N–H and O–H groups in total. The SMILES string of the molecule is CCN(CC)C(=O)c1sc2cnc(Nc3ccc(N4CCNCC4)cn3)cc2c1C1CCC1. The van der Waals surface area contributed by atoms with Crippen LogP contribution in [0, 0.1) is 0 Å². The summed E-state index contributed by atoms with van der Waals surface area (Å²) in [7, 11) is 0. The molecule has 0 bridgehead atoms. The van der Waals surface area contributed by atoms with E-state index in [1.54, 1.807) is 11.3 Å². The van der Waals surface area contributed by atoms with Gasteiger partial charge in [0.1, 0.15) is 11.6 Å². The van der Waals surface area contributed by atoms with Crippen LogP contribution < -0.4 is 15.5 Å². The molecule has 0 atom stereocenters. The van der Waals surface area contributed by atoms with Crippen molar-refractivity contribution >= 4 is 44.7 Å². The third-order valence-corrected chi connectivity index (χ3v) is 8.00. The van der Waals surface area contributed by atoms with Crippen LogP contribution in [0.3, 0.4) is 0 Å². The van der Waals surface area contributed by atoms with E-state index in [0.29, 0.717) is 5.92 Å². The predicted octanol–water partition coefficient (Wildman–Crippen LogP) is 4.59. The van der Waals surface area contributed by atoms with E-state index in [0.717, 1.165) is 84.4 Å². The summed E-state index contributed by atoms with van der Waals surface area (Å²) in [6.45, 7) is 9.57. The van der Waals surface area contributed by atoms with E-state index in [2.05, 4.69) is 37.6 Å². The molecule has 174 valence electrons. The van der Waals surface area contributed by atoms with Gasteiger partial charge in [-0.05, 0) is 56.4 Å². The maximum atomic E-state index is 13.3. The van der Waals surface area contributed by atoms with Crippen molar-refractivity contribution in [1.82, 2.24) is 20.2 Å². The van der Waals surface area contributed by atoms with Crippen LogP contribution in [-0.4, -0.2) is 60.0 Å². The summed E-state index contributed by atoms with van der Waals surface area (Å²) < 4.78 is 1.08. The molecule has 3 aromatic heterocycles. The number of carbonyl (C=O) groups excluding carboxylic acids is 1. The lowest BCUT2D eigenvalue weighted by molar-refractivity contribution is 0.0776. The second kappa shape index (κ2) is 9.65. The van der Waals surface area contributed by atoms with Crippen molar-refractivity contribution in [3.63, 3.8) is 0 Å². The standard InChI is InChI=1S/C25H32N6OS/c1-3-30(4-2)25(32)24-23(17-6-5-7-17)19-14-22(28-16-20(19)33-24)29-21-9-8-18(15-27-21)31-12-10-26-11-13-31/h8-9,14-17,26H,3-7,10-13H2,1-2H3,(H,27,28,29). The van der Waals surface area contributed by atoms with Crippen LogP contribution in [0.1, 0.15) is 54.3 Å². The van der Waals surface area contributed by atoms with Crippen molar-refractivity contribution in [2.24, 2.45) is 0 Å². The van der Waals surface area contributed by atoms with Crippen LogP contribution in [0.4, 0.5) is 17.3 Å². The van der Waals surface area contributed by atoms with Crippen LogP contribution in [0.25, 0.3) is 10.1 Å².